The Bertz CT molecular complexity index is 770. The SMILES string of the molecule is Cc1ccc(-c2nc(Cc3nc([C@@H]4CCCN4)no3)cs2)o1. The second kappa shape index (κ2) is 5.66. The summed E-state index contributed by atoms with van der Waals surface area (Å²) in [6.45, 7) is 2.95. The quantitative estimate of drug-likeness (QED) is 0.797. The van der Waals surface area contributed by atoms with Crippen molar-refractivity contribution in [3.05, 3.63) is 40.7 Å². The van der Waals surface area contributed by atoms with E-state index in [0.29, 0.717) is 12.3 Å². The van der Waals surface area contributed by atoms with Crippen molar-refractivity contribution in [2.45, 2.75) is 32.2 Å². The summed E-state index contributed by atoms with van der Waals surface area (Å²) in [5, 5.41) is 10.3. The van der Waals surface area contributed by atoms with Gasteiger partial charge in [0.25, 0.3) is 0 Å². The number of nitrogens with one attached hydrogen (secondary N) is 1. The van der Waals surface area contributed by atoms with Gasteiger partial charge in [0.1, 0.15) is 5.76 Å². The first-order valence-electron chi connectivity index (χ1n) is 7.35. The van der Waals surface area contributed by atoms with Crippen LogP contribution in [0.3, 0.4) is 0 Å². The number of nitrogens with zero attached hydrogens (tertiary/aromatic N) is 3. The Hall–Kier alpha value is -1.99. The van der Waals surface area contributed by atoms with Gasteiger partial charge in [0, 0.05) is 5.38 Å². The molecule has 1 N–H and O–H groups in total. The zero-order valence-electron chi connectivity index (χ0n) is 12.2. The summed E-state index contributed by atoms with van der Waals surface area (Å²) in [4.78, 5) is 9.05. The van der Waals surface area contributed by atoms with E-state index >= 15 is 0 Å². The molecule has 114 valence electrons. The average molecular weight is 316 g/mol. The van der Waals surface area contributed by atoms with Crippen molar-refractivity contribution in [3.63, 3.8) is 0 Å². The topological polar surface area (TPSA) is 77.0 Å². The molecule has 1 atom stereocenters. The van der Waals surface area contributed by atoms with Crippen LogP contribution in [0, 0.1) is 6.92 Å². The van der Waals surface area contributed by atoms with Gasteiger partial charge in [-0.1, -0.05) is 5.16 Å². The lowest BCUT2D eigenvalue weighted by Crippen LogP contribution is -2.14. The van der Waals surface area contributed by atoms with Gasteiger partial charge in [-0.3, -0.25) is 0 Å². The van der Waals surface area contributed by atoms with Crippen molar-refractivity contribution in [2.75, 3.05) is 6.54 Å². The van der Waals surface area contributed by atoms with Crippen LogP contribution in [0.2, 0.25) is 0 Å². The highest BCUT2D eigenvalue weighted by atomic mass is 32.1. The van der Waals surface area contributed by atoms with Crippen molar-refractivity contribution in [1.29, 1.82) is 0 Å². The number of aromatic nitrogens is 3. The highest BCUT2D eigenvalue weighted by molar-refractivity contribution is 7.13. The third-order valence-corrected chi connectivity index (χ3v) is 4.60. The normalized spacial score (nSPS) is 18.1. The Kier molecular flexibility index (Phi) is 3.51. The smallest absolute Gasteiger partial charge is 0.232 e. The molecule has 0 unspecified atom stereocenters. The summed E-state index contributed by atoms with van der Waals surface area (Å²) >= 11 is 1.56. The van der Waals surface area contributed by atoms with Crippen LogP contribution < -0.4 is 5.32 Å². The van der Waals surface area contributed by atoms with E-state index in [9.17, 15) is 0 Å². The molecule has 1 aliphatic heterocycles. The minimum Gasteiger partial charge on any atom is -0.459 e. The Balaban J connectivity index is 1.48. The molecular weight excluding hydrogens is 300 g/mol. The predicted molar refractivity (Wildman–Crippen MR) is 81.6 cm³/mol. The monoisotopic (exact) mass is 316 g/mol. The molecule has 0 aliphatic carbocycles. The number of hydrogen-bond acceptors (Lipinski definition) is 7. The minimum atomic E-state index is 0.231. The maximum Gasteiger partial charge on any atom is 0.232 e. The standard InChI is InChI=1S/C15H16N4O2S/c1-9-4-5-12(20-9)15-17-10(8-22-15)7-13-18-14(19-21-13)11-3-2-6-16-11/h4-5,8,11,16H,2-3,6-7H2,1H3/t11-/m0/s1. The van der Waals surface area contributed by atoms with Gasteiger partial charge in [0.15, 0.2) is 16.6 Å². The second-order valence-electron chi connectivity index (χ2n) is 5.43. The molecule has 22 heavy (non-hydrogen) atoms. The molecule has 1 aliphatic rings. The third kappa shape index (κ3) is 2.69. The largest absolute Gasteiger partial charge is 0.459 e. The Morgan fingerprint density at radius 1 is 1.36 bits per heavy atom. The van der Waals surface area contributed by atoms with Crippen molar-refractivity contribution in [1.82, 2.24) is 20.4 Å². The van der Waals surface area contributed by atoms with E-state index in [1.165, 1.54) is 0 Å². The molecule has 6 nitrogen and oxygen atoms in total. The minimum absolute atomic E-state index is 0.231. The van der Waals surface area contributed by atoms with Crippen LogP contribution in [0.15, 0.2) is 26.5 Å². The van der Waals surface area contributed by atoms with Crippen molar-refractivity contribution >= 4 is 11.3 Å². The molecule has 4 rings (SSSR count). The average Bonchev–Trinajstić information content (AvgIpc) is 3.26. The fraction of sp³-hybridized carbons (Fsp3) is 0.400. The van der Waals surface area contributed by atoms with E-state index in [2.05, 4.69) is 20.4 Å². The van der Waals surface area contributed by atoms with Gasteiger partial charge in [-0.15, -0.1) is 11.3 Å². The van der Waals surface area contributed by atoms with Gasteiger partial charge in [0.05, 0.1) is 18.2 Å². The van der Waals surface area contributed by atoms with E-state index in [0.717, 1.165) is 47.4 Å². The predicted octanol–water partition coefficient (Wildman–Crippen LogP) is 3.11. The molecule has 1 fully saturated rings. The van der Waals surface area contributed by atoms with Gasteiger partial charge in [-0.2, -0.15) is 4.98 Å². The summed E-state index contributed by atoms with van der Waals surface area (Å²) in [6.07, 6.45) is 2.78. The lowest BCUT2D eigenvalue weighted by molar-refractivity contribution is 0.373. The van der Waals surface area contributed by atoms with E-state index in [-0.39, 0.29) is 6.04 Å². The van der Waals surface area contributed by atoms with Gasteiger partial charge in [-0.05, 0) is 38.4 Å². The molecule has 4 heterocycles. The zero-order valence-corrected chi connectivity index (χ0v) is 13.0. The highest BCUT2D eigenvalue weighted by Gasteiger charge is 2.22. The second-order valence-corrected chi connectivity index (χ2v) is 6.28. The molecule has 0 aromatic carbocycles. The first-order chi connectivity index (χ1) is 10.8. The molecule has 3 aromatic rings. The van der Waals surface area contributed by atoms with Gasteiger partial charge < -0.3 is 14.3 Å². The molecule has 0 spiro atoms. The highest BCUT2D eigenvalue weighted by Crippen LogP contribution is 2.26. The van der Waals surface area contributed by atoms with E-state index < -0.39 is 0 Å². The number of thiazole rings is 1. The van der Waals surface area contributed by atoms with Gasteiger partial charge in [-0.25, -0.2) is 4.98 Å². The van der Waals surface area contributed by atoms with Crippen LogP contribution in [0.25, 0.3) is 10.8 Å². The third-order valence-electron chi connectivity index (χ3n) is 3.69. The fourth-order valence-corrected chi connectivity index (χ4v) is 3.37. The number of rotatable bonds is 4. The molecular formula is C15H16N4O2S. The molecule has 1 saturated heterocycles. The van der Waals surface area contributed by atoms with Crippen LogP contribution in [0.5, 0.6) is 0 Å². The summed E-state index contributed by atoms with van der Waals surface area (Å²) in [5.74, 6) is 3.05. The Morgan fingerprint density at radius 3 is 3.09 bits per heavy atom. The fourth-order valence-electron chi connectivity index (χ4n) is 2.59. The number of hydrogen-bond donors (Lipinski definition) is 1. The molecule has 0 amide bonds. The Morgan fingerprint density at radius 2 is 2.32 bits per heavy atom. The van der Waals surface area contributed by atoms with Crippen molar-refractivity contribution < 1.29 is 8.94 Å². The van der Waals surface area contributed by atoms with E-state index in [4.69, 9.17) is 8.94 Å². The van der Waals surface area contributed by atoms with Crippen LogP contribution in [-0.2, 0) is 6.42 Å². The molecule has 0 saturated carbocycles. The molecule has 3 aromatic heterocycles. The lowest BCUT2D eigenvalue weighted by atomic mass is 10.2. The summed E-state index contributed by atoms with van der Waals surface area (Å²) in [5.41, 5.74) is 0.920. The maximum absolute atomic E-state index is 5.59. The lowest BCUT2D eigenvalue weighted by Gasteiger charge is -2.01. The summed E-state index contributed by atoms with van der Waals surface area (Å²) in [6, 6.07) is 4.11. The van der Waals surface area contributed by atoms with E-state index in [1.807, 2.05) is 24.4 Å². The first-order valence-corrected chi connectivity index (χ1v) is 8.23. The van der Waals surface area contributed by atoms with Crippen LogP contribution in [0.4, 0.5) is 0 Å². The van der Waals surface area contributed by atoms with Crippen LogP contribution in [0.1, 0.15) is 42.1 Å². The van der Waals surface area contributed by atoms with Gasteiger partial charge in [0.2, 0.25) is 5.89 Å². The summed E-state index contributed by atoms with van der Waals surface area (Å²) < 4.78 is 10.9. The van der Waals surface area contributed by atoms with E-state index in [1.54, 1.807) is 11.3 Å². The molecule has 0 bridgehead atoms. The first kappa shape index (κ1) is 13.7. The number of furan rings is 1. The number of aryl methyl sites for hydroxylation is 1. The maximum atomic E-state index is 5.59. The molecule has 0 radical (unpaired) electrons. The van der Waals surface area contributed by atoms with Crippen molar-refractivity contribution in [2.24, 2.45) is 0 Å². The zero-order chi connectivity index (χ0) is 14.9. The van der Waals surface area contributed by atoms with Crippen LogP contribution in [-0.4, -0.2) is 21.7 Å². The summed E-state index contributed by atoms with van der Waals surface area (Å²) in [7, 11) is 0. The Labute approximate surface area is 131 Å². The van der Waals surface area contributed by atoms with Crippen molar-refractivity contribution in [3.8, 4) is 10.8 Å². The van der Waals surface area contributed by atoms with Crippen LogP contribution >= 0.6 is 11.3 Å². The molecule has 7 heteroatoms. The van der Waals surface area contributed by atoms with Gasteiger partial charge >= 0.3 is 0 Å².